The van der Waals surface area contributed by atoms with Gasteiger partial charge in [-0.2, -0.15) is 0 Å². The average molecular weight is 745 g/mol. The maximum Gasteiger partial charge on any atom is 0.469 e. The second-order valence-electron chi connectivity index (χ2n) is 13.0. The molecule has 1 aliphatic heterocycles. The van der Waals surface area contributed by atoms with Crippen LogP contribution in [-0.4, -0.2) is 120 Å². The minimum absolute atomic E-state index is 0.0233. The third kappa shape index (κ3) is 14.0. The van der Waals surface area contributed by atoms with Crippen molar-refractivity contribution < 1.29 is 53.1 Å². The highest BCUT2D eigenvalue weighted by molar-refractivity contribution is 7.46. The van der Waals surface area contributed by atoms with Gasteiger partial charge in [0.05, 0.1) is 19.0 Å². The number of hydrogen-bond acceptors (Lipinski definition) is 11. The monoisotopic (exact) mass is 744 g/mol. The second kappa shape index (κ2) is 20.2. The number of imidazole rings is 1. The molecule has 0 aliphatic carbocycles. The van der Waals surface area contributed by atoms with Crippen molar-refractivity contribution in [2.24, 2.45) is 11.7 Å². The molecule has 1 unspecified atom stereocenters. The Morgan fingerprint density at radius 2 is 1.65 bits per heavy atom. The third-order valence-corrected chi connectivity index (χ3v) is 8.84. The Balaban J connectivity index is 2.35. The number of hydrogen-bond donors (Lipinski definition) is 9. The topological polar surface area (TPSA) is 288 Å². The standard InChI is InChI=1S/C31H53N8O11P/c1-18(2)13-22(35-31(46)25-9-8-11-39(25)19(3)4)28(43)34-23(14-21-15-33-17-38(21)10-6-7-12-40)29(44)36-24(16-41)30(45)37-26(27(32)42)20(5)50-51(47,48)49/h15,17-18,20,22-26,40-41H,3,6-14,16H2,1-2,4-5H3,(H2,32,42)(H,34,43)(H,35,46)(H,36,44)(H,37,45)(H2,47,48,49)/t20-,22+,23+,24+,25+,26?/m1/s1. The summed E-state index contributed by atoms with van der Waals surface area (Å²) >= 11 is 0. The zero-order valence-electron chi connectivity index (χ0n) is 29.5. The summed E-state index contributed by atoms with van der Waals surface area (Å²) in [6.45, 7) is 10.6. The largest absolute Gasteiger partial charge is 0.469 e. The molecule has 19 nitrogen and oxygen atoms in total. The molecule has 0 radical (unpaired) electrons. The van der Waals surface area contributed by atoms with Gasteiger partial charge in [0.1, 0.15) is 30.2 Å². The van der Waals surface area contributed by atoms with Gasteiger partial charge in [-0.1, -0.05) is 20.4 Å². The summed E-state index contributed by atoms with van der Waals surface area (Å²) in [4.78, 5) is 90.3. The number of nitrogens with two attached hydrogens (primary N) is 1. The highest BCUT2D eigenvalue weighted by Crippen LogP contribution is 2.38. The van der Waals surface area contributed by atoms with Crippen LogP contribution in [0, 0.1) is 5.92 Å². The highest BCUT2D eigenvalue weighted by Gasteiger charge is 2.36. The van der Waals surface area contributed by atoms with Crippen molar-refractivity contribution in [2.45, 2.75) is 109 Å². The van der Waals surface area contributed by atoms with Crippen LogP contribution in [0.2, 0.25) is 0 Å². The fourth-order valence-electron chi connectivity index (χ4n) is 5.69. The number of aromatic nitrogens is 2. The molecule has 0 bridgehead atoms. The maximum atomic E-state index is 13.8. The van der Waals surface area contributed by atoms with Crippen LogP contribution in [0.3, 0.4) is 0 Å². The number of likely N-dealkylation sites (tertiary alicyclic amines) is 1. The van der Waals surface area contributed by atoms with E-state index in [1.807, 2.05) is 18.7 Å². The number of nitrogens with one attached hydrogen (secondary N) is 4. The Morgan fingerprint density at radius 1 is 1.02 bits per heavy atom. The van der Waals surface area contributed by atoms with Crippen LogP contribution in [0.15, 0.2) is 24.8 Å². The van der Waals surface area contributed by atoms with Crippen LogP contribution < -0.4 is 27.0 Å². The average Bonchev–Trinajstić information content (AvgIpc) is 3.70. The Labute approximate surface area is 297 Å². The van der Waals surface area contributed by atoms with Gasteiger partial charge in [-0.25, -0.2) is 9.55 Å². The lowest BCUT2D eigenvalue weighted by molar-refractivity contribution is -0.136. The third-order valence-electron chi connectivity index (χ3n) is 8.23. The lowest BCUT2D eigenvalue weighted by atomic mass is 10.0. The number of phosphoric acid groups is 1. The van der Waals surface area contributed by atoms with Gasteiger partial charge in [0.15, 0.2) is 0 Å². The number of amides is 5. The first-order valence-electron chi connectivity index (χ1n) is 16.8. The van der Waals surface area contributed by atoms with Crippen LogP contribution in [0.5, 0.6) is 0 Å². The van der Waals surface area contributed by atoms with Crippen molar-refractivity contribution in [2.75, 3.05) is 19.8 Å². The van der Waals surface area contributed by atoms with Gasteiger partial charge in [0, 0.05) is 43.7 Å². The first-order chi connectivity index (χ1) is 23.9. The normalized spacial score (nSPS) is 17.6. The van der Waals surface area contributed by atoms with Crippen LogP contribution in [-0.2, 0) is 46.0 Å². The number of phosphoric ester groups is 1. The van der Waals surface area contributed by atoms with Crippen molar-refractivity contribution in [1.29, 1.82) is 0 Å². The molecule has 288 valence electrons. The number of allylic oxidation sites excluding steroid dienone is 1. The first-order valence-corrected chi connectivity index (χ1v) is 18.3. The van der Waals surface area contributed by atoms with E-state index in [0.717, 1.165) is 19.0 Å². The number of nitrogens with zero attached hydrogens (tertiary/aromatic N) is 3. The van der Waals surface area contributed by atoms with E-state index in [1.165, 1.54) is 12.5 Å². The van der Waals surface area contributed by atoms with Crippen molar-refractivity contribution in [3.05, 3.63) is 30.5 Å². The van der Waals surface area contributed by atoms with Gasteiger partial charge in [0.2, 0.25) is 29.5 Å². The maximum absolute atomic E-state index is 13.8. The van der Waals surface area contributed by atoms with E-state index < -0.39 is 74.4 Å². The summed E-state index contributed by atoms with van der Waals surface area (Å²) in [6.07, 6.45) is 3.96. The number of aryl methyl sites for hydroxylation is 1. The van der Waals surface area contributed by atoms with E-state index in [1.54, 1.807) is 11.5 Å². The highest BCUT2D eigenvalue weighted by atomic mass is 31.2. The molecule has 1 aromatic heterocycles. The predicted octanol–water partition coefficient (Wildman–Crippen LogP) is -1.84. The smallest absolute Gasteiger partial charge is 0.396 e. The van der Waals surface area contributed by atoms with Gasteiger partial charge in [0.25, 0.3) is 0 Å². The molecule has 2 heterocycles. The molecular weight excluding hydrogens is 691 g/mol. The molecule has 2 rings (SSSR count). The fourth-order valence-corrected chi connectivity index (χ4v) is 6.24. The second-order valence-corrected chi connectivity index (χ2v) is 14.2. The van der Waals surface area contributed by atoms with Gasteiger partial charge >= 0.3 is 7.82 Å². The van der Waals surface area contributed by atoms with Gasteiger partial charge in [-0.3, -0.25) is 28.5 Å². The number of carbonyl (C=O) groups excluding carboxylic acids is 5. The molecule has 10 N–H and O–H groups in total. The number of unbranched alkanes of at least 4 members (excludes halogenated alkanes) is 1. The predicted molar refractivity (Wildman–Crippen MR) is 183 cm³/mol. The number of primary amides is 1. The SMILES string of the molecule is C=C(C)N1CCC[C@H]1C(=O)N[C@@H](CC(C)C)C(=O)N[C@@H](Cc1cncn1CCCCO)C(=O)N[C@@H](CO)C(=O)NC(C(N)=O)[C@@H](C)OP(=O)(O)O. The summed E-state index contributed by atoms with van der Waals surface area (Å²) in [5, 5.41) is 29.2. The zero-order chi connectivity index (χ0) is 38.5. The molecule has 5 amide bonds. The Kier molecular flexibility index (Phi) is 17.2. The lowest BCUT2D eigenvalue weighted by Gasteiger charge is -2.29. The van der Waals surface area contributed by atoms with E-state index in [4.69, 9.17) is 15.5 Å². The van der Waals surface area contributed by atoms with Crippen molar-refractivity contribution in [1.82, 2.24) is 35.7 Å². The van der Waals surface area contributed by atoms with Crippen LogP contribution >= 0.6 is 7.82 Å². The fraction of sp³-hybridized carbons (Fsp3) is 0.677. The van der Waals surface area contributed by atoms with Crippen molar-refractivity contribution >= 4 is 37.4 Å². The summed E-state index contributed by atoms with van der Waals surface area (Å²) in [6, 6.07) is -6.40. The minimum atomic E-state index is -5.09. The summed E-state index contributed by atoms with van der Waals surface area (Å²) in [7, 11) is -5.09. The molecule has 0 spiro atoms. The molecular formula is C31H53N8O11P. The molecule has 6 atom stereocenters. The molecule has 1 aromatic rings. The van der Waals surface area contributed by atoms with Gasteiger partial charge in [-0.15, -0.1) is 0 Å². The lowest BCUT2D eigenvalue weighted by Crippen LogP contribution is -2.61. The molecule has 20 heteroatoms. The number of rotatable bonds is 22. The molecule has 1 saturated heterocycles. The first kappa shape index (κ1) is 43.3. The Morgan fingerprint density at radius 3 is 2.22 bits per heavy atom. The summed E-state index contributed by atoms with van der Waals surface area (Å²) in [5.41, 5.74) is 6.54. The van der Waals surface area contributed by atoms with Gasteiger partial charge in [-0.05, 0) is 51.9 Å². The minimum Gasteiger partial charge on any atom is -0.396 e. The molecule has 1 aliphatic rings. The molecule has 0 saturated carbocycles. The summed E-state index contributed by atoms with van der Waals surface area (Å²) < 4.78 is 17.5. The van der Waals surface area contributed by atoms with E-state index in [-0.39, 0.29) is 31.3 Å². The van der Waals surface area contributed by atoms with Crippen molar-refractivity contribution in [3.63, 3.8) is 0 Å². The van der Waals surface area contributed by atoms with Gasteiger partial charge < -0.3 is 56.5 Å². The molecule has 1 fully saturated rings. The molecule has 51 heavy (non-hydrogen) atoms. The number of carbonyl (C=O) groups is 5. The Bertz CT molecular complexity index is 1420. The van der Waals surface area contributed by atoms with E-state index in [2.05, 4.69) is 37.4 Å². The number of aliphatic hydroxyl groups is 2. The zero-order valence-corrected chi connectivity index (χ0v) is 30.4. The van der Waals surface area contributed by atoms with Crippen molar-refractivity contribution in [3.8, 4) is 0 Å². The van der Waals surface area contributed by atoms with E-state index in [0.29, 0.717) is 38.0 Å². The number of aliphatic hydroxyl groups excluding tert-OH is 2. The van der Waals surface area contributed by atoms with E-state index in [9.17, 15) is 38.8 Å². The Hall–Kier alpha value is -3.87. The van der Waals surface area contributed by atoms with Crippen LogP contribution in [0.25, 0.3) is 0 Å². The summed E-state index contributed by atoms with van der Waals surface area (Å²) in [5.74, 6) is -4.36. The van der Waals surface area contributed by atoms with Crippen LogP contribution in [0.1, 0.15) is 65.5 Å². The molecule has 0 aromatic carbocycles. The van der Waals surface area contributed by atoms with Crippen LogP contribution in [0.4, 0.5) is 0 Å². The quantitative estimate of drug-likeness (QED) is 0.0467. The van der Waals surface area contributed by atoms with E-state index >= 15 is 0 Å².